The number of sulfonamides is 1. The van der Waals surface area contributed by atoms with Gasteiger partial charge in [-0.2, -0.15) is 9.40 Å². The Balaban J connectivity index is 1.81. The molecule has 134 valence electrons. The topological polar surface area (TPSA) is 55.2 Å². The van der Waals surface area contributed by atoms with E-state index in [1.807, 2.05) is 36.4 Å². The summed E-state index contributed by atoms with van der Waals surface area (Å²) in [6.45, 7) is 2.59. The van der Waals surface area contributed by atoms with Crippen LogP contribution in [0.3, 0.4) is 0 Å². The molecule has 2 aromatic carbocycles. The molecule has 2 heterocycles. The highest BCUT2D eigenvalue weighted by molar-refractivity contribution is 7.89. The second kappa shape index (κ2) is 6.37. The zero-order chi connectivity index (χ0) is 18.3. The third kappa shape index (κ3) is 2.75. The van der Waals surface area contributed by atoms with Gasteiger partial charge >= 0.3 is 0 Å². The molecule has 0 radical (unpaired) electrons. The van der Waals surface area contributed by atoms with Crippen molar-refractivity contribution >= 4 is 10.0 Å². The summed E-state index contributed by atoms with van der Waals surface area (Å²) in [6, 6.07) is 18.2. The Bertz CT molecular complexity index is 1020. The number of nitrogens with zero attached hydrogens (tertiary/aromatic N) is 3. The standard InChI is InChI=1S/C20H21N3O2S/c1-15-12-21-22(2)20(15)26(24,25)23-13-17-10-6-7-11-18(17)19(14-23)16-8-4-3-5-9-16/h3-12,19H,13-14H2,1-2H3. The molecular weight excluding hydrogens is 346 g/mol. The van der Waals surface area contributed by atoms with Crippen molar-refractivity contribution < 1.29 is 8.42 Å². The van der Waals surface area contributed by atoms with Crippen molar-refractivity contribution in [2.45, 2.75) is 24.4 Å². The Kier molecular flexibility index (Phi) is 4.17. The number of aromatic nitrogens is 2. The molecular formula is C20H21N3O2S. The van der Waals surface area contributed by atoms with E-state index in [1.54, 1.807) is 24.5 Å². The average molecular weight is 367 g/mol. The minimum Gasteiger partial charge on any atom is -0.256 e. The van der Waals surface area contributed by atoms with Crippen LogP contribution in [-0.4, -0.2) is 29.0 Å². The van der Waals surface area contributed by atoms with E-state index < -0.39 is 10.0 Å². The maximum absolute atomic E-state index is 13.3. The summed E-state index contributed by atoms with van der Waals surface area (Å²) >= 11 is 0. The van der Waals surface area contributed by atoms with Crippen LogP contribution in [0.25, 0.3) is 0 Å². The van der Waals surface area contributed by atoms with Gasteiger partial charge in [-0.25, -0.2) is 8.42 Å². The third-order valence-corrected chi connectivity index (χ3v) is 7.04. The molecule has 1 unspecified atom stereocenters. The molecule has 1 aliphatic heterocycles. The van der Waals surface area contributed by atoms with Crippen molar-refractivity contribution in [3.63, 3.8) is 0 Å². The van der Waals surface area contributed by atoms with Gasteiger partial charge < -0.3 is 0 Å². The number of benzene rings is 2. The molecule has 0 bridgehead atoms. The minimum absolute atomic E-state index is 0.0180. The van der Waals surface area contributed by atoms with Gasteiger partial charge in [-0.05, 0) is 23.6 Å². The maximum Gasteiger partial charge on any atom is 0.260 e. The van der Waals surface area contributed by atoms with Crippen LogP contribution in [0, 0.1) is 6.92 Å². The number of hydrogen-bond acceptors (Lipinski definition) is 3. The van der Waals surface area contributed by atoms with E-state index in [9.17, 15) is 8.42 Å². The van der Waals surface area contributed by atoms with Crippen LogP contribution < -0.4 is 0 Å². The molecule has 1 aliphatic rings. The molecule has 0 amide bonds. The molecule has 1 aromatic heterocycles. The maximum atomic E-state index is 13.3. The molecule has 1 atom stereocenters. The molecule has 0 N–H and O–H groups in total. The lowest BCUT2D eigenvalue weighted by atomic mass is 9.86. The first-order valence-corrected chi connectivity index (χ1v) is 10.0. The van der Waals surface area contributed by atoms with E-state index >= 15 is 0 Å². The molecule has 5 nitrogen and oxygen atoms in total. The monoisotopic (exact) mass is 367 g/mol. The van der Waals surface area contributed by atoms with Gasteiger partial charge in [-0.1, -0.05) is 54.6 Å². The Labute approximate surface area is 153 Å². The highest BCUT2D eigenvalue weighted by atomic mass is 32.2. The molecule has 0 aliphatic carbocycles. The van der Waals surface area contributed by atoms with Crippen molar-refractivity contribution in [1.82, 2.24) is 14.1 Å². The summed E-state index contributed by atoms with van der Waals surface area (Å²) in [5.41, 5.74) is 4.05. The van der Waals surface area contributed by atoms with Gasteiger partial charge in [0.15, 0.2) is 5.03 Å². The van der Waals surface area contributed by atoms with Gasteiger partial charge in [0.25, 0.3) is 10.0 Å². The summed E-state index contributed by atoms with van der Waals surface area (Å²) in [5, 5.41) is 4.38. The van der Waals surface area contributed by atoms with E-state index in [-0.39, 0.29) is 10.9 Å². The average Bonchev–Trinajstić information content (AvgIpc) is 3.00. The fourth-order valence-corrected chi connectivity index (χ4v) is 5.50. The number of aryl methyl sites for hydroxylation is 2. The zero-order valence-electron chi connectivity index (χ0n) is 14.8. The normalized spacial score (nSPS) is 17.8. The molecule has 0 saturated carbocycles. The summed E-state index contributed by atoms with van der Waals surface area (Å²) in [5.74, 6) is 0.0180. The van der Waals surface area contributed by atoms with Gasteiger partial charge in [-0.15, -0.1) is 0 Å². The van der Waals surface area contributed by atoms with E-state index in [0.717, 1.165) is 11.1 Å². The summed E-state index contributed by atoms with van der Waals surface area (Å²) in [6.07, 6.45) is 1.60. The molecule has 6 heteroatoms. The van der Waals surface area contributed by atoms with Gasteiger partial charge in [0.05, 0.1) is 6.20 Å². The van der Waals surface area contributed by atoms with Crippen LogP contribution >= 0.6 is 0 Å². The van der Waals surface area contributed by atoms with E-state index in [4.69, 9.17) is 0 Å². The quantitative estimate of drug-likeness (QED) is 0.715. The molecule has 0 fully saturated rings. The van der Waals surface area contributed by atoms with Gasteiger partial charge in [-0.3, -0.25) is 4.68 Å². The second-order valence-corrected chi connectivity index (χ2v) is 8.57. The SMILES string of the molecule is Cc1cnn(C)c1S(=O)(=O)N1Cc2ccccc2C(c2ccccc2)C1. The van der Waals surface area contributed by atoms with Gasteiger partial charge in [0, 0.05) is 31.6 Å². The molecule has 0 saturated heterocycles. The van der Waals surface area contributed by atoms with Crippen LogP contribution in [0.4, 0.5) is 0 Å². The largest absolute Gasteiger partial charge is 0.260 e. The first kappa shape index (κ1) is 17.0. The summed E-state index contributed by atoms with van der Waals surface area (Å²) in [4.78, 5) is 0. The number of rotatable bonds is 3. The molecule has 26 heavy (non-hydrogen) atoms. The third-order valence-electron chi connectivity index (χ3n) is 5.01. The fourth-order valence-electron chi connectivity index (χ4n) is 3.76. The van der Waals surface area contributed by atoms with Crippen LogP contribution in [-0.2, 0) is 23.6 Å². The Hall–Kier alpha value is -2.44. The predicted octanol–water partition coefficient (Wildman–Crippen LogP) is 3.06. The summed E-state index contributed by atoms with van der Waals surface area (Å²) in [7, 11) is -1.96. The highest BCUT2D eigenvalue weighted by Crippen LogP contribution is 2.36. The van der Waals surface area contributed by atoms with E-state index in [2.05, 4.69) is 23.3 Å². The van der Waals surface area contributed by atoms with Gasteiger partial charge in [0.1, 0.15) is 0 Å². The number of hydrogen-bond donors (Lipinski definition) is 0. The van der Waals surface area contributed by atoms with Crippen molar-refractivity contribution in [2.24, 2.45) is 7.05 Å². The first-order valence-electron chi connectivity index (χ1n) is 8.60. The second-order valence-electron chi connectivity index (χ2n) is 6.72. The first-order chi connectivity index (χ1) is 12.5. The molecule has 0 spiro atoms. The van der Waals surface area contributed by atoms with E-state index in [0.29, 0.717) is 18.7 Å². The van der Waals surface area contributed by atoms with Crippen molar-refractivity contribution in [1.29, 1.82) is 0 Å². The summed E-state index contributed by atoms with van der Waals surface area (Å²) < 4.78 is 29.7. The smallest absolute Gasteiger partial charge is 0.256 e. The van der Waals surface area contributed by atoms with E-state index in [1.165, 1.54) is 10.2 Å². The van der Waals surface area contributed by atoms with Crippen LogP contribution in [0.1, 0.15) is 28.2 Å². The predicted molar refractivity (Wildman–Crippen MR) is 100 cm³/mol. The highest BCUT2D eigenvalue weighted by Gasteiger charge is 2.36. The Morgan fingerprint density at radius 3 is 2.42 bits per heavy atom. The minimum atomic E-state index is -3.63. The Morgan fingerprint density at radius 1 is 1.04 bits per heavy atom. The van der Waals surface area contributed by atoms with Gasteiger partial charge in [0.2, 0.25) is 0 Å². The van der Waals surface area contributed by atoms with Crippen molar-refractivity contribution in [2.75, 3.05) is 6.54 Å². The fraction of sp³-hybridized carbons (Fsp3) is 0.250. The lowest BCUT2D eigenvalue weighted by Gasteiger charge is -2.34. The number of fused-ring (bicyclic) bond motifs is 1. The van der Waals surface area contributed by atoms with Crippen molar-refractivity contribution in [3.8, 4) is 0 Å². The lowest BCUT2D eigenvalue weighted by Crippen LogP contribution is -2.39. The Morgan fingerprint density at radius 2 is 1.73 bits per heavy atom. The van der Waals surface area contributed by atoms with Crippen molar-refractivity contribution in [3.05, 3.63) is 83.0 Å². The lowest BCUT2D eigenvalue weighted by molar-refractivity contribution is 0.367. The molecule has 4 rings (SSSR count). The molecule has 3 aromatic rings. The van der Waals surface area contributed by atoms with Crippen LogP contribution in [0.15, 0.2) is 65.8 Å². The van der Waals surface area contributed by atoms with Crippen LogP contribution in [0.5, 0.6) is 0 Å². The zero-order valence-corrected chi connectivity index (χ0v) is 15.6. The van der Waals surface area contributed by atoms with Crippen LogP contribution in [0.2, 0.25) is 0 Å².